The third kappa shape index (κ3) is 2.83. The van der Waals surface area contributed by atoms with Crippen molar-refractivity contribution in [3.05, 3.63) is 67.0 Å². The summed E-state index contributed by atoms with van der Waals surface area (Å²) in [5.41, 5.74) is -0.139. The number of hydrogen-bond donors (Lipinski definition) is 1. The summed E-state index contributed by atoms with van der Waals surface area (Å²) in [5.74, 6) is 0. The largest absolute Gasteiger partial charge is 0.383 e. The van der Waals surface area contributed by atoms with Crippen molar-refractivity contribution in [2.45, 2.75) is 6.54 Å². The molecule has 0 atom stereocenters. The number of rotatable bonds is 4. The van der Waals surface area contributed by atoms with Crippen LogP contribution in [-0.2, 0) is 13.6 Å². The van der Waals surface area contributed by atoms with Crippen LogP contribution >= 0.6 is 0 Å². The van der Waals surface area contributed by atoms with Crippen LogP contribution in [0.1, 0.15) is 5.56 Å². The summed E-state index contributed by atoms with van der Waals surface area (Å²) in [6.45, 7) is -0.0167. The van der Waals surface area contributed by atoms with Gasteiger partial charge in [-0.2, -0.15) is 0 Å². The second kappa shape index (κ2) is 5.61. The average Bonchev–Trinajstić information content (AvgIpc) is 2.47. The van der Waals surface area contributed by atoms with Crippen LogP contribution in [0.5, 0.6) is 0 Å². The first-order valence-corrected chi connectivity index (χ1v) is 6.15. The molecule has 0 saturated heterocycles. The molecule has 0 bridgehead atoms. The van der Waals surface area contributed by atoms with E-state index in [9.17, 15) is 19.7 Å². The molecule has 1 N–H and O–H groups in total. The van der Waals surface area contributed by atoms with Gasteiger partial charge in [0.1, 0.15) is 5.69 Å². The molecule has 0 fully saturated rings. The van der Waals surface area contributed by atoms with E-state index in [4.69, 9.17) is 0 Å². The minimum Gasteiger partial charge on any atom is -0.383 e. The molecule has 2 rings (SSSR count). The Hall–Kier alpha value is -2.90. The van der Waals surface area contributed by atoms with Crippen LogP contribution in [0.2, 0.25) is 0 Å². The predicted molar refractivity (Wildman–Crippen MR) is 77.7 cm³/mol. The van der Waals surface area contributed by atoms with Crippen LogP contribution in [0.4, 0.5) is 11.4 Å². The lowest BCUT2D eigenvalue weighted by Gasteiger charge is -2.08. The summed E-state index contributed by atoms with van der Waals surface area (Å²) in [6.07, 6.45) is 1.38. The Morgan fingerprint density at radius 2 is 2.00 bits per heavy atom. The second-order valence-electron chi connectivity index (χ2n) is 4.49. The van der Waals surface area contributed by atoms with Crippen LogP contribution in [0.15, 0.2) is 40.1 Å². The first kappa shape index (κ1) is 14.5. The van der Waals surface area contributed by atoms with Gasteiger partial charge in [-0.05, 0) is 11.6 Å². The molecule has 0 aliphatic rings. The van der Waals surface area contributed by atoms with Crippen molar-refractivity contribution in [3.8, 4) is 0 Å². The van der Waals surface area contributed by atoms with Gasteiger partial charge in [0.25, 0.3) is 11.2 Å². The molecule has 1 aromatic heterocycles. The van der Waals surface area contributed by atoms with Crippen LogP contribution < -0.4 is 16.6 Å². The SMILES string of the molecule is CNc1ccc(Cn2c(=O)ccn(C)c2=O)cc1[N+](=O)[O-]. The topological polar surface area (TPSA) is 99.2 Å². The van der Waals surface area contributed by atoms with Gasteiger partial charge in [-0.3, -0.25) is 19.5 Å². The van der Waals surface area contributed by atoms with Gasteiger partial charge in [0, 0.05) is 32.4 Å². The normalized spacial score (nSPS) is 10.4. The highest BCUT2D eigenvalue weighted by Gasteiger charge is 2.14. The summed E-state index contributed by atoms with van der Waals surface area (Å²) >= 11 is 0. The van der Waals surface area contributed by atoms with Gasteiger partial charge in [0.05, 0.1) is 11.5 Å². The molecule has 110 valence electrons. The molecule has 21 heavy (non-hydrogen) atoms. The molecule has 0 saturated carbocycles. The Kier molecular flexibility index (Phi) is 3.88. The van der Waals surface area contributed by atoms with E-state index in [1.54, 1.807) is 19.2 Å². The smallest absolute Gasteiger partial charge is 0.331 e. The quantitative estimate of drug-likeness (QED) is 0.654. The fraction of sp³-hybridized carbons (Fsp3) is 0.231. The van der Waals surface area contributed by atoms with Gasteiger partial charge in [-0.25, -0.2) is 4.79 Å². The maximum Gasteiger partial charge on any atom is 0.331 e. The van der Waals surface area contributed by atoms with Gasteiger partial charge in [0.2, 0.25) is 0 Å². The average molecular weight is 290 g/mol. The number of nitro benzene ring substituents is 1. The van der Waals surface area contributed by atoms with Gasteiger partial charge < -0.3 is 9.88 Å². The third-order valence-corrected chi connectivity index (χ3v) is 3.11. The summed E-state index contributed by atoms with van der Waals surface area (Å²) < 4.78 is 2.30. The first-order chi connectivity index (χ1) is 9.93. The van der Waals surface area contributed by atoms with Crippen molar-refractivity contribution in [2.75, 3.05) is 12.4 Å². The van der Waals surface area contributed by atoms with Crippen molar-refractivity contribution in [2.24, 2.45) is 7.05 Å². The number of nitro groups is 1. The second-order valence-corrected chi connectivity index (χ2v) is 4.49. The monoisotopic (exact) mass is 290 g/mol. The van der Waals surface area contributed by atoms with E-state index in [1.165, 1.54) is 29.9 Å². The molecular formula is C13H14N4O4. The Morgan fingerprint density at radius 1 is 1.29 bits per heavy atom. The third-order valence-electron chi connectivity index (χ3n) is 3.11. The minimum atomic E-state index is -0.513. The number of nitrogens with one attached hydrogen (secondary N) is 1. The molecule has 1 heterocycles. The molecule has 0 aliphatic carbocycles. The molecule has 0 amide bonds. The van der Waals surface area contributed by atoms with E-state index in [2.05, 4.69) is 5.32 Å². The van der Waals surface area contributed by atoms with Crippen molar-refractivity contribution >= 4 is 11.4 Å². The first-order valence-electron chi connectivity index (χ1n) is 6.15. The summed E-state index contributed by atoms with van der Waals surface area (Å²) in [5, 5.41) is 13.7. The standard InChI is InChI=1S/C13H14N4O4/c1-14-10-4-3-9(7-11(10)17(20)21)8-16-12(18)5-6-15(2)13(16)19/h3-7,14H,8H2,1-2H3. The molecule has 8 heteroatoms. The molecule has 0 radical (unpaired) electrons. The van der Waals surface area contributed by atoms with Crippen molar-refractivity contribution in [1.82, 2.24) is 9.13 Å². The maximum absolute atomic E-state index is 11.9. The number of benzene rings is 1. The highest BCUT2D eigenvalue weighted by Crippen LogP contribution is 2.25. The Bertz CT molecular complexity index is 807. The highest BCUT2D eigenvalue weighted by atomic mass is 16.6. The van der Waals surface area contributed by atoms with E-state index in [-0.39, 0.29) is 12.2 Å². The maximum atomic E-state index is 11.9. The van der Waals surface area contributed by atoms with E-state index >= 15 is 0 Å². The molecule has 8 nitrogen and oxygen atoms in total. The van der Waals surface area contributed by atoms with Crippen LogP contribution in [0, 0.1) is 10.1 Å². The minimum absolute atomic E-state index is 0.0167. The van der Waals surface area contributed by atoms with Crippen LogP contribution in [-0.4, -0.2) is 21.1 Å². The van der Waals surface area contributed by atoms with E-state index in [0.29, 0.717) is 11.3 Å². The molecule has 1 aromatic carbocycles. The van der Waals surface area contributed by atoms with Gasteiger partial charge >= 0.3 is 5.69 Å². The zero-order valence-electron chi connectivity index (χ0n) is 11.6. The predicted octanol–water partition coefficient (Wildman–Crippen LogP) is 0.545. The summed E-state index contributed by atoms with van der Waals surface area (Å²) in [4.78, 5) is 34.1. The van der Waals surface area contributed by atoms with E-state index in [0.717, 1.165) is 4.57 Å². The van der Waals surface area contributed by atoms with E-state index in [1.807, 2.05) is 0 Å². The van der Waals surface area contributed by atoms with Crippen molar-refractivity contribution in [3.63, 3.8) is 0 Å². The highest BCUT2D eigenvalue weighted by molar-refractivity contribution is 5.62. The van der Waals surface area contributed by atoms with E-state index < -0.39 is 16.2 Å². The lowest BCUT2D eigenvalue weighted by molar-refractivity contribution is -0.384. The van der Waals surface area contributed by atoms with Gasteiger partial charge in [-0.1, -0.05) is 6.07 Å². The molecule has 2 aromatic rings. The number of nitrogens with zero attached hydrogens (tertiary/aromatic N) is 3. The van der Waals surface area contributed by atoms with Crippen LogP contribution in [0.25, 0.3) is 0 Å². The Labute approximate surface area is 119 Å². The van der Waals surface area contributed by atoms with Gasteiger partial charge in [0.15, 0.2) is 0 Å². The Balaban J connectivity index is 2.49. The number of anilines is 1. The fourth-order valence-electron chi connectivity index (χ4n) is 1.98. The number of aryl methyl sites for hydroxylation is 1. The molecule has 0 unspecified atom stereocenters. The zero-order chi connectivity index (χ0) is 15.6. The summed E-state index contributed by atoms with van der Waals surface area (Å²) in [7, 11) is 3.12. The number of aromatic nitrogens is 2. The van der Waals surface area contributed by atoms with Crippen molar-refractivity contribution < 1.29 is 4.92 Å². The van der Waals surface area contributed by atoms with Crippen molar-refractivity contribution in [1.29, 1.82) is 0 Å². The molecule has 0 spiro atoms. The number of hydrogen-bond acceptors (Lipinski definition) is 5. The van der Waals surface area contributed by atoms with Gasteiger partial charge in [-0.15, -0.1) is 0 Å². The zero-order valence-corrected chi connectivity index (χ0v) is 11.6. The summed E-state index contributed by atoms with van der Waals surface area (Å²) in [6, 6.07) is 5.81. The lowest BCUT2D eigenvalue weighted by atomic mass is 10.1. The molecular weight excluding hydrogens is 276 g/mol. The fourth-order valence-corrected chi connectivity index (χ4v) is 1.98. The lowest BCUT2D eigenvalue weighted by Crippen LogP contribution is -2.38. The molecule has 0 aliphatic heterocycles. The van der Waals surface area contributed by atoms with Crippen LogP contribution in [0.3, 0.4) is 0 Å². The Morgan fingerprint density at radius 3 is 2.62 bits per heavy atom.